The van der Waals surface area contributed by atoms with Crippen LogP contribution < -0.4 is 4.90 Å². The normalized spacial score (nSPS) is 13.9. The van der Waals surface area contributed by atoms with Crippen molar-refractivity contribution in [1.29, 1.82) is 0 Å². The fourth-order valence-corrected chi connectivity index (χ4v) is 5.07. The Kier molecular flexibility index (Phi) is 6.18. The van der Waals surface area contributed by atoms with Crippen LogP contribution in [0.25, 0.3) is 16.7 Å². The highest BCUT2D eigenvalue weighted by Crippen LogP contribution is 2.28. The molecule has 0 saturated carbocycles. The molecule has 5 rings (SSSR count). The molecule has 4 aromatic rings. The number of aromatic nitrogens is 2. The third-order valence-electron chi connectivity index (χ3n) is 5.93. The molecule has 0 bridgehead atoms. The molecule has 1 aliphatic rings. The lowest BCUT2D eigenvalue weighted by Gasteiger charge is -2.36. The fourth-order valence-electron chi connectivity index (χ4n) is 4.14. The minimum Gasteiger partial charge on any atom is -0.368 e. The number of nitrogens with zero attached hydrogens (tertiary/aromatic N) is 5. The summed E-state index contributed by atoms with van der Waals surface area (Å²) in [6.45, 7) is 2.62. The molecule has 0 unspecified atom stereocenters. The van der Waals surface area contributed by atoms with Crippen LogP contribution in [-0.2, 0) is 4.79 Å². The number of carbonyl (C=O) groups is 1. The summed E-state index contributed by atoms with van der Waals surface area (Å²) in [4.78, 5) is 32.2. The van der Waals surface area contributed by atoms with Crippen LogP contribution in [0, 0.1) is 10.1 Å². The minimum absolute atomic E-state index is 0.0797. The number of hydrogen-bond acceptors (Lipinski definition) is 6. The van der Waals surface area contributed by atoms with Crippen molar-refractivity contribution in [3.05, 3.63) is 89.0 Å². The highest BCUT2D eigenvalue weighted by atomic mass is 32.2. The largest absolute Gasteiger partial charge is 0.368 e. The Morgan fingerprint density at radius 2 is 1.56 bits per heavy atom. The maximum absolute atomic E-state index is 13.0. The number of thioether (sulfide) groups is 1. The Bertz CT molecular complexity index is 1320. The van der Waals surface area contributed by atoms with Crippen LogP contribution in [0.15, 0.2) is 84.0 Å². The van der Waals surface area contributed by atoms with Crippen molar-refractivity contribution in [3.8, 4) is 5.69 Å². The van der Waals surface area contributed by atoms with Gasteiger partial charge in [0.05, 0.1) is 21.7 Å². The second kappa shape index (κ2) is 9.56. The average molecular weight is 474 g/mol. The lowest BCUT2D eigenvalue weighted by atomic mass is 10.2. The number of carbonyl (C=O) groups excluding carboxylic acids is 1. The van der Waals surface area contributed by atoms with Crippen molar-refractivity contribution >= 4 is 40.1 Å². The van der Waals surface area contributed by atoms with Crippen molar-refractivity contribution in [1.82, 2.24) is 14.5 Å². The zero-order valence-electron chi connectivity index (χ0n) is 18.4. The first-order chi connectivity index (χ1) is 16.6. The molecule has 1 aliphatic heterocycles. The molecule has 0 radical (unpaired) electrons. The Morgan fingerprint density at radius 1 is 0.882 bits per heavy atom. The van der Waals surface area contributed by atoms with Gasteiger partial charge in [-0.25, -0.2) is 4.98 Å². The topological polar surface area (TPSA) is 84.5 Å². The molecule has 1 aromatic heterocycles. The minimum atomic E-state index is -0.399. The van der Waals surface area contributed by atoms with Crippen LogP contribution >= 0.6 is 11.8 Å². The van der Waals surface area contributed by atoms with Gasteiger partial charge in [0, 0.05) is 49.7 Å². The molecule has 1 saturated heterocycles. The number of fused-ring (bicyclic) bond motifs is 1. The van der Waals surface area contributed by atoms with Crippen molar-refractivity contribution < 1.29 is 9.72 Å². The first-order valence-electron chi connectivity index (χ1n) is 11.0. The van der Waals surface area contributed by atoms with Crippen LogP contribution in [-0.4, -0.2) is 57.2 Å². The van der Waals surface area contributed by atoms with Gasteiger partial charge in [0.15, 0.2) is 5.16 Å². The van der Waals surface area contributed by atoms with E-state index in [-0.39, 0.29) is 11.6 Å². The summed E-state index contributed by atoms with van der Waals surface area (Å²) in [6, 6.07) is 24.6. The van der Waals surface area contributed by atoms with Crippen molar-refractivity contribution in [3.63, 3.8) is 0 Å². The first kappa shape index (κ1) is 22.0. The first-order valence-corrected chi connectivity index (χ1v) is 12.0. The highest BCUT2D eigenvalue weighted by molar-refractivity contribution is 7.99. The number of para-hydroxylation sites is 3. The van der Waals surface area contributed by atoms with Gasteiger partial charge in [0.25, 0.3) is 5.69 Å². The molecule has 0 aliphatic carbocycles. The monoisotopic (exact) mass is 473 g/mol. The number of hydrogen-bond donors (Lipinski definition) is 0. The number of anilines is 1. The van der Waals surface area contributed by atoms with Crippen LogP contribution in [0.3, 0.4) is 0 Å². The highest BCUT2D eigenvalue weighted by Gasteiger charge is 2.23. The third kappa shape index (κ3) is 4.47. The molecule has 0 atom stereocenters. The van der Waals surface area contributed by atoms with E-state index in [0.29, 0.717) is 31.9 Å². The molecule has 0 spiro atoms. The molecule has 172 valence electrons. The smallest absolute Gasteiger partial charge is 0.269 e. The Labute approximate surface area is 201 Å². The molecule has 8 nitrogen and oxygen atoms in total. The molecule has 0 N–H and O–H groups in total. The predicted molar refractivity (Wildman–Crippen MR) is 134 cm³/mol. The zero-order chi connectivity index (χ0) is 23.5. The summed E-state index contributed by atoms with van der Waals surface area (Å²) in [5.41, 5.74) is 3.95. The number of imidazole rings is 1. The van der Waals surface area contributed by atoms with E-state index < -0.39 is 4.92 Å². The van der Waals surface area contributed by atoms with E-state index in [1.54, 1.807) is 12.1 Å². The van der Waals surface area contributed by atoms with Gasteiger partial charge in [-0.15, -0.1) is 0 Å². The standard InChI is InChI=1S/C25H23N5O3S/c31-24(28-16-14-27(15-17-28)19-10-12-21(13-11-19)30(32)33)18-34-25-26-22-8-4-5-9-23(22)29(25)20-6-2-1-3-7-20/h1-13H,14-18H2. The summed E-state index contributed by atoms with van der Waals surface area (Å²) >= 11 is 1.45. The number of amides is 1. The van der Waals surface area contributed by atoms with Crippen molar-refractivity contribution in [2.24, 2.45) is 0 Å². The molecule has 9 heteroatoms. The summed E-state index contributed by atoms with van der Waals surface area (Å²) in [5, 5.41) is 11.7. The third-order valence-corrected chi connectivity index (χ3v) is 6.85. The number of nitro benzene ring substituents is 1. The zero-order valence-corrected chi connectivity index (χ0v) is 19.2. The summed E-state index contributed by atoms with van der Waals surface area (Å²) in [5.74, 6) is 0.397. The summed E-state index contributed by atoms with van der Waals surface area (Å²) in [7, 11) is 0. The number of non-ortho nitro benzene ring substituents is 1. The predicted octanol–water partition coefficient (Wildman–Crippen LogP) is 4.37. The number of rotatable bonds is 6. The number of piperazine rings is 1. The molecule has 34 heavy (non-hydrogen) atoms. The van der Waals surface area contributed by atoms with Crippen LogP contribution in [0.4, 0.5) is 11.4 Å². The quantitative estimate of drug-likeness (QED) is 0.235. The molecule has 1 amide bonds. The average Bonchev–Trinajstić information content (AvgIpc) is 3.26. The van der Waals surface area contributed by atoms with Crippen molar-refractivity contribution in [2.75, 3.05) is 36.8 Å². The van der Waals surface area contributed by atoms with E-state index >= 15 is 0 Å². The molecule has 3 aromatic carbocycles. The molecule has 2 heterocycles. The second-order valence-electron chi connectivity index (χ2n) is 7.98. The van der Waals surface area contributed by atoms with Gasteiger partial charge in [-0.1, -0.05) is 42.1 Å². The lowest BCUT2D eigenvalue weighted by Crippen LogP contribution is -2.49. The van der Waals surface area contributed by atoms with Gasteiger partial charge in [0.2, 0.25) is 5.91 Å². The fraction of sp³-hybridized carbons (Fsp3) is 0.200. The van der Waals surface area contributed by atoms with E-state index in [1.807, 2.05) is 59.5 Å². The molecule has 1 fully saturated rings. The van der Waals surface area contributed by atoms with Gasteiger partial charge in [-0.2, -0.15) is 0 Å². The summed E-state index contributed by atoms with van der Waals surface area (Å²) < 4.78 is 2.10. The van der Waals surface area contributed by atoms with Crippen LogP contribution in [0.2, 0.25) is 0 Å². The second-order valence-corrected chi connectivity index (χ2v) is 8.93. The molecular formula is C25H23N5O3S. The van der Waals surface area contributed by atoms with Gasteiger partial charge >= 0.3 is 0 Å². The van der Waals surface area contributed by atoms with E-state index in [2.05, 4.69) is 9.47 Å². The Balaban J connectivity index is 1.24. The van der Waals surface area contributed by atoms with Crippen LogP contribution in [0.1, 0.15) is 0 Å². The van der Waals surface area contributed by atoms with E-state index in [0.717, 1.165) is 27.6 Å². The lowest BCUT2D eigenvalue weighted by molar-refractivity contribution is -0.384. The number of nitro groups is 1. The Hall–Kier alpha value is -3.85. The summed E-state index contributed by atoms with van der Waals surface area (Å²) in [6.07, 6.45) is 0. The van der Waals surface area contributed by atoms with Gasteiger partial charge in [0.1, 0.15) is 0 Å². The van der Waals surface area contributed by atoms with Gasteiger partial charge in [-0.3, -0.25) is 19.5 Å². The number of benzene rings is 3. The SMILES string of the molecule is O=C(CSc1nc2ccccc2n1-c1ccccc1)N1CCN(c2ccc([N+](=O)[O-])cc2)CC1. The van der Waals surface area contributed by atoms with Gasteiger partial charge in [-0.05, 0) is 36.4 Å². The van der Waals surface area contributed by atoms with Crippen LogP contribution in [0.5, 0.6) is 0 Å². The van der Waals surface area contributed by atoms with Gasteiger partial charge < -0.3 is 9.80 Å². The Morgan fingerprint density at radius 3 is 2.26 bits per heavy atom. The maximum Gasteiger partial charge on any atom is 0.269 e. The molecular weight excluding hydrogens is 450 g/mol. The van der Waals surface area contributed by atoms with E-state index in [9.17, 15) is 14.9 Å². The maximum atomic E-state index is 13.0. The van der Waals surface area contributed by atoms with Crippen molar-refractivity contribution in [2.45, 2.75) is 5.16 Å². The van der Waals surface area contributed by atoms with E-state index in [4.69, 9.17) is 4.98 Å². The van der Waals surface area contributed by atoms with E-state index in [1.165, 1.54) is 23.9 Å².